The van der Waals surface area contributed by atoms with E-state index in [2.05, 4.69) is 9.82 Å². The number of carbonyl (C=O) groups is 1. The van der Waals surface area contributed by atoms with Crippen LogP contribution in [0.5, 0.6) is 0 Å². The largest absolute Gasteiger partial charge is 0.289 e. The Morgan fingerprint density at radius 2 is 1.64 bits per heavy atom. The molecule has 8 heteroatoms. The van der Waals surface area contributed by atoms with E-state index in [0.29, 0.717) is 22.1 Å². The minimum absolute atomic E-state index is 0.0409. The number of para-hydroxylation sites is 1. The van der Waals surface area contributed by atoms with Crippen molar-refractivity contribution in [2.24, 2.45) is 0 Å². The maximum absolute atomic E-state index is 13.0. The Kier molecular flexibility index (Phi) is 6.44. The summed E-state index contributed by atoms with van der Waals surface area (Å²) in [7, 11) is -3.88. The molecular weight excluding hydrogens is 458 g/mol. The number of carbonyl (C=O) groups excluding carboxylic acids is 1. The average molecular weight is 478 g/mol. The number of nitrogens with one attached hydrogen (secondary N) is 1. The molecule has 0 saturated heterocycles. The van der Waals surface area contributed by atoms with Crippen LogP contribution in [-0.2, 0) is 10.0 Å². The fourth-order valence-corrected chi connectivity index (χ4v) is 4.33. The maximum atomic E-state index is 13.0. The molecule has 0 bridgehead atoms. The molecule has 0 saturated carbocycles. The summed E-state index contributed by atoms with van der Waals surface area (Å²) in [6.45, 7) is 1.79. The van der Waals surface area contributed by atoms with E-state index in [9.17, 15) is 13.2 Å². The van der Waals surface area contributed by atoms with E-state index in [1.165, 1.54) is 35.0 Å². The number of ketones is 1. The molecule has 0 atom stereocenters. The van der Waals surface area contributed by atoms with E-state index in [0.717, 1.165) is 11.3 Å². The summed E-state index contributed by atoms with van der Waals surface area (Å²) >= 11 is 5.86. The van der Waals surface area contributed by atoms with Crippen molar-refractivity contribution in [1.29, 1.82) is 0 Å². The van der Waals surface area contributed by atoms with Gasteiger partial charge in [0.15, 0.2) is 5.78 Å². The number of allylic oxidation sites excluding steroid dienone is 1. The summed E-state index contributed by atoms with van der Waals surface area (Å²) in [5.41, 5.74) is 2.62. The van der Waals surface area contributed by atoms with E-state index in [1.54, 1.807) is 43.3 Å². The third kappa shape index (κ3) is 5.39. The van der Waals surface area contributed by atoms with Crippen LogP contribution in [0.15, 0.2) is 95.9 Å². The quantitative estimate of drug-likeness (QED) is 0.280. The van der Waals surface area contributed by atoms with Gasteiger partial charge in [0.2, 0.25) is 0 Å². The summed E-state index contributed by atoms with van der Waals surface area (Å²) in [5.74, 6) is 0.0874. The number of anilines is 1. The van der Waals surface area contributed by atoms with Gasteiger partial charge in [0.25, 0.3) is 10.0 Å². The Morgan fingerprint density at radius 3 is 2.30 bits per heavy atom. The first-order valence-corrected chi connectivity index (χ1v) is 11.9. The summed E-state index contributed by atoms with van der Waals surface area (Å²) in [6.07, 6.45) is 3.12. The van der Waals surface area contributed by atoms with Crippen LogP contribution in [0.3, 0.4) is 0 Å². The molecule has 4 rings (SSSR count). The number of hydrogen-bond acceptors (Lipinski definition) is 4. The Balaban J connectivity index is 1.52. The number of sulfonamides is 1. The summed E-state index contributed by atoms with van der Waals surface area (Å²) < 4.78 is 30.0. The molecule has 3 aromatic carbocycles. The van der Waals surface area contributed by atoms with Crippen molar-refractivity contribution in [2.45, 2.75) is 11.8 Å². The second-order valence-corrected chi connectivity index (χ2v) is 9.42. The molecule has 6 nitrogen and oxygen atoms in total. The molecule has 1 heterocycles. The van der Waals surface area contributed by atoms with Gasteiger partial charge in [-0.05, 0) is 67.1 Å². The van der Waals surface area contributed by atoms with E-state index in [1.807, 2.05) is 30.3 Å². The molecule has 4 aromatic rings. The van der Waals surface area contributed by atoms with Crippen molar-refractivity contribution >= 4 is 39.3 Å². The molecule has 0 fully saturated rings. The number of hydrogen-bond donors (Lipinski definition) is 1. The fraction of sp³-hybridized carbons (Fsp3) is 0.0400. The number of nitrogens with zero attached hydrogens (tertiary/aromatic N) is 2. The third-order valence-electron chi connectivity index (χ3n) is 4.82. The zero-order valence-corrected chi connectivity index (χ0v) is 19.2. The molecule has 1 aromatic heterocycles. The third-order valence-corrected chi connectivity index (χ3v) is 6.44. The van der Waals surface area contributed by atoms with Gasteiger partial charge in [-0.1, -0.05) is 48.0 Å². The highest BCUT2D eigenvalue weighted by molar-refractivity contribution is 7.92. The van der Waals surface area contributed by atoms with Crippen molar-refractivity contribution in [3.05, 3.63) is 113 Å². The first kappa shape index (κ1) is 22.5. The van der Waals surface area contributed by atoms with Crippen LogP contribution in [0.1, 0.15) is 21.6 Å². The van der Waals surface area contributed by atoms with Gasteiger partial charge < -0.3 is 0 Å². The number of rotatable bonds is 7. The van der Waals surface area contributed by atoms with Crippen LogP contribution in [0, 0.1) is 6.92 Å². The van der Waals surface area contributed by atoms with Crippen molar-refractivity contribution in [2.75, 3.05) is 4.72 Å². The second kappa shape index (κ2) is 9.44. The Morgan fingerprint density at radius 1 is 0.970 bits per heavy atom. The standard InChI is InChI=1S/C25H20ClN3O3S/c1-18-17-25(29(27-18)22-5-3-2-4-6-22)28-33(31,32)23-14-10-20(11-15-23)24(30)16-9-19-7-12-21(26)13-8-19/h2-17,28H,1H3/b16-9+. The molecule has 1 N–H and O–H groups in total. The average Bonchev–Trinajstić information content (AvgIpc) is 3.18. The minimum atomic E-state index is -3.88. The zero-order chi connectivity index (χ0) is 23.4. The van der Waals surface area contributed by atoms with Crippen LogP contribution < -0.4 is 4.72 Å². The van der Waals surface area contributed by atoms with E-state index in [4.69, 9.17) is 11.6 Å². The Hall–Kier alpha value is -3.68. The lowest BCUT2D eigenvalue weighted by Gasteiger charge is -2.11. The minimum Gasteiger partial charge on any atom is -0.289 e. The highest BCUT2D eigenvalue weighted by Gasteiger charge is 2.18. The molecule has 0 radical (unpaired) electrons. The van der Waals surface area contributed by atoms with Gasteiger partial charge in [-0.2, -0.15) is 5.10 Å². The van der Waals surface area contributed by atoms with Gasteiger partial charge in [-0.3, -0.25) is 9.52 Å². The van der Waals surface area contributed by atoms with Crippen LogP contribution in [0.25, 0.3) is 11.8 Å². The first-order valence-electron chi connectivity index (χ1n) is 10.0. The van der Waals surface area contributed by atoms with Crippen LogP contribution in [-0.4, -0.2) is 24.0 Å². The monoisotopic (exact) mass is 477 g/mol. The van der Waals surface area contributed by atoms with Crippen molar-refractivity contribution in [3.63, 3.8) is 0 Å². The summed E-state index contributed by atoms with van der Waals surface area (Å²) in [4.78, 5) is 12.5. The van der Waals surface area contributed by atoms with E-state index >= 15 is 0 Å². The molecule has 166 valence electrons. The number of benzene rings is 3. The number of halogens is 1. The van der Waals surface area contributed by atoms with Crippen molar-refractivity contribution in [3.8, 4) is 5.69 Å². The molecule has 0 aliphatic carbocycles. The lowest BCUT2D eigenvalue weighted by molar-refractivity contribution is 0.104. The smallest absolute Gasteiger partial charge is 0.263 e. The van der Waals surface area contributed by atoms with Gasteiger partial charge >= 0.3 is 0 Å². The SMILES string of the molecule is Cc1cc(NS(=O)(=O)c2ccc(C(=O)/C=C/c3ccc(Cl)cc3)cc2)n(-c2ccccc2)n1. The Bertz CT molecular complexity index is 1410. The molecule has 0 spiro atoms. The lowest BCUT2D eigenvalue weighted by atomic mass is 10.1. The lowest BCUT2D eigenvalue weighted by Crippen LogP contribution is -2.16. The van der Waals surface area contributed by atoms with Gasteiger partial charge in [0, 0.05) is 16.7 Å². The topological polar surface area (TPSA) is 81.1 Å². The molecule has 0 amide bonds. The normalized spacial score (nSPS) is 11.6. The van der Waals surface area contributed by atoms with Gasteiger partial charge in [0.1, 0.15) is 5.82 Å². The predicted octanol–water partition coefficient (Wildman–Crippen LogP) is 5.53. The van der Waals surface area contributed by atoms with Crippen molar-refractivity contribution < 1.29 is 13.2 Å². The van der Waals surface area contributed by atoms with Gasteiger partial charge in [-0.15, -0.1) is 0 Å². The highest BCUT2D eigenvalue weighted by atomic mass is 35.5. The molecule has 0 aliphatic heterocycles. The summed E-state index contributed by atoms with van der Waals surface area (Å²) in [6, 6.07) is 23.8. The predicted molar refractivity (Wildman–Crippen MR) is 130 cm³/mol. The maximum Gasteiger partial charge on any atom is 0.263 e. The molecule has 0 unspecified atom stereocenters. The van der Waals surface area contributed by atoms with E-state index in [-0.39, 0.29) is 10.7 Å². The molecule has 33 heavy (non-hydrogen) atoms. The van der Waals surface area contributed by atoms with E-state index < -0.39 is 10.0 Å². The van der Waals surface area contributed by atoms with Gasteiger partial charge in [-0.25, -0.2) is 13.1 Å². The van der Waals surface area contributed by atoms with Gasteiger partial charge in [0.05, 0.1) is 16.3 Å². The number of aromatic nitrogens is 2. The van der Waals surface area contributed by atoms with Crippen molar-refractivity contribution in [1.82, 2.24) is 9.78 Å². The zero-order valence-electron chi connectivity index (χ0n) is 17.6. The highest BCUT2D eigenvalue weighted by Crippen LogP contribution is 2.21. The fourth-order valence-electron chi connectivity index (χ4n) is 3.18. The second-order valence-electron chi connectivity index (χ2n) is 7.30. The molecular formula is C25H20ClN3O3S. The number of aryl methyl sites for hydroxylation is 1. The van der Waals surface area contributed by atoms with Crippen LogP contribution >= 0.6 is 11.6 Å². The van der Waals surface area contributed by atoms with Crippen LogP contribution in [0.2, 0.25) is 5.02 Å². The Labute approximate surface area is 197 Å². The van der Waals surface area contributed by atoms with Crippen LogP contribution in [0.4, 0.5) is 5.82 Å². The first-order chi connectivity index (χ1) is 15.8. The summed E-state index contributed by atoms with van der Waals surface area (Å²) in [5, 5.41) is 4.99. The molecule has 0 aliphatic rings.